The summed E-state index contributed by atoms with van der Waals surface area (Å²) in [5.41, 5.74) is 1.83. The summed E-state index contributed by atoms with van der Waals surface area (Å²) >= 11 is 0. The number of aryl methyl sites for hydroxylation is 1. The molecule has 2 fully saturated rings. The van der Waals surface area contributed by atoms with Crippen LogP contribution in [0.2, 0.25) is 0 Å². The number of methoxy groups -OCH3 is 2. The third-order valence-corrected chi connectivity index (χ3v) is 4.83. The minimum Gasteiger partial charge on any atom is -0.496 e. The standard InChI is InChI=1S/C18H25NO5/c1-13-10-16(22-3)14(11-15(13)21-2)12-17(20)19-6-4-18(5-7-19)23-8-9-24-18/h10-11H,4-9,12H2,1-3H3. The van der Waals surface area contributed by atoms with E-state index in [1.165, 1.54) is 0 Å². The predicted octanol–water partition coefficient (Wildman–Crippen LogP) is 1.92. The van der Waals surface area contributed by atoms with E-state index in [4.69, 9.17) is 18.9 Å². The second-order valence-corrected chi connectivity index (χ2v) is 6.30. The van der Waals surface area contributed by atoms with Gasteiger partial charge in [-0.3, -0.25) is 4.79 Å². The van der Waals surface area contributed by atoms with Crippen molar-refractivity contribution in [3.8, 4) is 11.5 Å². The molecule has 1 aromatic rings. The fraction of sp³-hybridized carbons (Fsp3) is 0.611. The number of ether oxygens (including phenoxy) is 4. The van der Waals surface area contributed by atoms with E-state index in [1.807, 2.05) is 24.0 Å². The molecular formula is C18H25NO5. The normalized spacial score (nSPS) is 19.5. The summed E-state index contributed by atoms with van der Waals surface area (Å²) in [5, 5.41) is 0. The zero-order chi connectivity index (χ0) is 17.2. The first-order chi connectivity index (χ1) is 11.6. The number of carbonyl (C=O) groups excluding carboxylic acids is 1. The molecule has 0 bridgehead atoms. The Labute approximate surface area is 142 Å². The molecule has 1 aromatic carbocycles. The van der Waals surface area contributed by atoms with Gasteiger partial charge in [0.15, 0.2) is 5.79 Å². The average Bonchev–Trinajstić information content (AvgIpc) is 3.04. The van der Waals surface area contributed by atoms with E-state index in [9.17, 15) is 4.79 Å². The number of rotatable bonds is 4. The summed E-state index contributed by atoms with van der Waals surface area (Å²) < 4.78 is 22.2. The fourth-order valence-electron chi connectivity index (χ4n) is 3.41. The van der Waals surface area contributed by atoms with Gasteiger partial charge in [0.1, 0.15) is 11.5 Å². The zero-order valence-electron chi connectivity index (χ0n) is 14.6. The fourth-order valence-corrected chi connectivity index (χ4v) is 3.41. The molecule has 0 aliphatic carbocycles. The second-order valence-electron chi connectivity index (χ2n) is 6.30. The van der Waals surface area contributed by atoms with E-state index < -0.39 is 5.79 Å². The molecule has 0 atom stereocenters. The van der Waals surface area contributed by atoms with Crippen molar-refractivity contribution in [2.45, 2.75) is 32.0 Å². The Hall–Kier alpha value is -1.79. The molecule has 24 heavy (non-hydrogen) atoms. The van der Waals surface area contributed by atoms with E-state index >= 15 is 0 Å². The van der Waals surface area contributed by atoms with Crippen LogP contribution in [0, 0.1) is 6.92 Å². The van der Waals surface area contributed by atoms with Gasteiger partial charge in [-0.1, -0.05) is 0 Å². The maximum absolute atomic E-state index is 12.7. The largest absolute Gasteiger partial charge is 0.496 e. The summed E-state index contributed by atoms with van der Waals surface area (Å²) in [6, 6.07) is 3.80. The van der Waals surface area contributed by atoms with Crippen molar-refractivity contribution in [2.75, 3.05) is 40.5 Å². The molecule has 132 valence electrons. The monoisotopic (exact) mass is 335 g/mol. The third-order valence-electron chi connectivity index (χ3n) is 4.83. The highest BCUT2D eigenvalue weighted by Crippen LogP contribution is 2.32. The van der Waals surface area contributed by atoms with Crippen molar-refractivity contribution in [3.63, 3.8) is 0 Å². The minimum absolute atomic E-state index is 0.0899. The molecular weight excluding hydrogens is 310 g/mol. The van der Waals surface area contributed by atoms with Crippen molar-refractivity contribution >= 4 is 5.91 Å². The Bertz CT molecular complexity index is 600. The Morgan fingerprint density at radius 3 is 2.33 bits per heavy atom. The van der Waals surface area contributed by atoms with Crippen LogP contribution in [-0.4, -0.2) is 57.1 Å². The molecule has 0 N–H and O–H groups in total. The summed E-state index contributed by atoms with van der Waals surface area (Å²) in [5.74, 6) is 1.12. The number of hydrogen-bond acceptors (Lipinski definition) is 5. The first-order valence-electron chi connectivity index (χ1n) is 8.34. The molecule has 0 radical (unpaired) electrons. The van der Waals surface area contributed by atoms with Crippen molar-refractivity contribution in [2.24, 2.45) is 0 Å². The summed E-state index contributed by atoms with van der Waals surface area (Å²) in [6.07, 6.45) is 1.76. The van der Waals surface area contributed by atoms with Gasteiger partial charge >= 0.3 is 0 Å². The first-order valence-corrected chi connectivity index (χ1v) is 8.34. The van der Waals surface area contributed by atoms with Crippen LogP contribution in [0.3, 0.4) is 0 Å². The lowest BCUT2D eigenvalue weighted by atomic mass is 10.0. The number of benzene rings is 1. The molecule has 2 heterocycles. The van der Waals surface area contributed by atoms with Crippen LogP contribution in [0.5, 0.6) is 11.5 Å². The van der Waals surface area contributed by atoms with Crippen LogP contribution in [0.15, 0.2) is 12.1 Å². The molecule has 3 rings (SSSR count). The van der Waals surface area contributed by atoms with Gasteiger partial charge in [-0.15, -0.1) is 0 Å². The topological polar surface area (TPSA) is 57.2 Å². The number of hydrogen-bond donors (Lipinski definition) is 0. The first kappa shape index (κ1) is 17.0. The van der Waals surface area contributed by atoms with Gasteiger partial charge < -0.3 is 23.8 Å². The van der Waals surface area contributed by atoms with Crippen molar-refractivity contribution in [1.82, 2.24) is 4.90 Å². The van der Waals surface area contributed by atoms with Crippen molar-refractivity contribution < 1.29 is 23.7 Å². The molecule has 2 aliphatic rings. The number of piperidine rings is 1. The highest BCUT2D eigenvalue weighted by Gasteiger charge is 2.40. The maximum Gasteiger partial charge on any atom is 0.227 e. The van der Waals surface area contributed by atoms with Crippen LogP contribution in [0.25, 0.3) is 0 Å². The molecule has 1 amide bonds. The molecule has 6 nitrogen and oxygen atoms in total. The van der Waals surface area contributed by atoms with E-state index in [0.29, 0.717) is 32.7 Å². The molecule has 0 aromatic heterocycles. The Morgan fingerprint density at radius 1 is 1.12 bits per heavy atom. The molecule has 0 unspecified atom stereocenters. The lowest BCUT2D eigenvalue weighted by Crippen LogP contribution is -2.47. The van der Waals surface area contributed by atoms with Crippen molar-refractivity contribution in [1.29, 1.82) is 0 Å². The smallest absolute Gasteiger partial charge is 0.227 e. The van der Waals surface area contributed by atoms with Crippen LogP contribution in [-0.2, 0) is 20.7 Å². The second kappa shape index (κ2) is 6.99. The highest BCUT2D eigenvalue weighted by atomic mass is 16.7. The number of nitrogens with zero attached hydrogens (tertiary/aromatic N) is 1. The number of carbonyl (C=O) groups is 1. The lowest BCUT2D eigenvalue weighted by Gasteiger charge is -2.37. The molecule has 0 saturated carbocycles. The molecule has 1 spiro atoms. The molecule has 2 saturated heterocycles. The van der Waals surface area contributed by atoms with Gasteiger partial charge in [0.25, 0.3) is 0 Å². The van der Waals surface area contributed by atoms with Gasteiger partial charge in [0.2, 0.25) is 5.91 Å². The molecule has 6 heteroatoms. The lowest BCUT2D eigenvalue weighted by molar-refractivity contribution is -0.187. The predicted molar refractivity (Wildman–Crippen MR) is 88.4 cm³/mol. The quantitative estimate of drug-likeness (QED) is 0.841. The highest BCUT2D eigenvalue weighted by molar-refractivity contribution is 5.80. The van der Waals surface area contributed by atoms with E-state index in [2.05, 4.69) is 0 Å². The van der Waals surface area contributed by atoms with Gasteiger partial charge in [-0.05, 0) is 24.6 Å². The summed E-state index contributed by atoms with van der Waals surface area (Å²) in [7, 11) is 3.25. The van der Waals surface area contributed by atoms with E-state index in [1.54, 1.807) is 14.2 Å². The Balaban J connectivity index is 1.67. The van der Waals surface area contributed by atoms with Gasteiger partial charge in [0, 0.05) is 31.5 Å². The zero-order valence-corrected chi connectivity index (χ0v) is 14.6. The van der Waals surface area contributed by atoms with Gasteiger partial charge in [0.05, 0.1) is 33.9 Å². The van der Waals surface area contributed by atoms with Gasteiger partial charge in [-0.25, -0.2) is 0 Å². The van der Waals surface area contributed by atoms with Crippen LogP contribution in [0.1, 0.15) is 24.0 Å². The number of likely N-dealkylation sites (tertiary alicyclic amines) is 1. The summed E-state index contributed by atoms with van der Waals surface area (Å²) in [4.78, 5) is 14.5. The Kier molecular flexibility index (Phi) is 4.96. The minimum atomic E-state index is -0.457. The van der Waals surface area contributed by atoms with Gasteiger partial charge in [-0.2, -0.15) is 0 Å². The summed E-state index contributed by atoms with van der Waals surface area (Å²) in [6.45, 7) is 4.57. The van der Waals surface area contributed by atoms with Crippen LogP contribution in [0.4, 0.5) is 0 Å². The number of amides is 1. The maximum atomic E-state index is 12.7. The van der Waals surface area contributed by atoms with Crippen LogP contribution < -0.4 is 9.47 Å². The van der Waals surface area contributed by atoms with Crippen molar-refractivity contribution in [3.05, 3.63) is 23.3 Å². The molecule has 2 aliphatic heterocycles. The average molecular weight is 335 g/mol. The van der Waals surface area contributed by atoms with E-state index in [0.717, 1.165) is 35.5 Å². The Morgan fingerprint density at radius 2 is 1.75 bits per heavy atom. The third kappa shape index (κ3) is 3.35. The SMILES string of the molecule is COc1cc(CC(=O)N2CCC3(CC2)OCCO3)c(OC)cc1C. The van der Waals surface area contributed by atoms with Crippen LogP contribution >= 0.6 is 0 Å². The van der Waals surface area contributed by atoms with E-state index in [-0.39, 0.29) is 5.91 Å².